The Morgan fingerprint density at radius 1 is 1.00 bits per heavy atom. The topological polar surface area (TPSA) is 46.0 Å². The molecule has 4 aliphatic rings. The summed E-state index contributed by atoms with van der Waals surface area (Å²) in [5, 5.41) is 10.7. The number of aromatic hydroxyl groups is 1. The van der Waals surface area contributed by atoms with Gasteiger partial charge in [-0.3, -0.25) is 0 Å². The maximum absolute atomic E-state index is 10.7. The fraction of sp³-hybridized carbons (Fsp3) is 0.565. The maximum Gasteiger partial charge on any atom is 0.159 e. The third-order valence-corrected chi connectivity index (χ3v) is 7.11. The highest BCUT2D eigenvalue weighted by Gasteiger charge is 2.52. The Bertz CT molecular complexity index is 776. The van der Waals surface area contributed by atoms with Gasteiger partial charge in [-0.05, 0) is 91.9 Å². The first-order valence-electron chi connectivity index (χ1n) is 10.3. The van der Waals surface area contributed by atoms with E-state index in [9.17, 15) is 5.11 Å². The lowest BCUT2D eigenvalue weighted by molar-refractivity contribution is -0.00611. The molecule has 1 aromatic carbocycles. The molecule has 4 saturated carbocycles. The average Bonchev–Trinajstić information content (AvgIpc) is 2.62. The first kappa shape index (κ1) is 16.3. The molecule has 4 fully saturated rings. The van der Waals surface area contributed by atoms with Crippen molar-refractivity contribution in [1.29, 1.82) is 0 Å². The molecule has 2 aromatic rings. The van der Waals surface area contributed by atoms with E-state index in [0.717, 1.165) is 47.5 Å². The summed E-state index contributed by atoms with van der Waals surface area (Å²) >= 11 is 0. The van der Waals surface area contributed by atoms with Crippen LogP contribution in [0.15, 0.2) is 30.6 Å². The molecular weight excluding hydrogens is 320 g/mol. The molecule has 0 aliphatic heterocycles. The van der Waals surface area contributed by atoms with Crippen LogP contribution in [0.5, 0.6) is 5.75 Å². The molecule has 1 heterocycles. The van der Waals surface area contributed by atoms with Gasteiger partial charge in [0.05, 0.1) is 0 Å². The number of benzene rings is 1. The SMILES string of the molecule is CCCc1cnc(-c2ccc(O)c(C34CC5CC(CC(C5)C3)C4)c2)nc1. The molecule has 0 spiro atoms. The lowest BCUT2D eigenvalue weighted by atomic mass is 9.48. The largest absolute Gasteiger partial charge is 0.508 e. The molecule has 26 heavy (non-hydrogen) atoms. The van der Waals surface area contributed by atoms with Crippen LogP contribution in [0, 0.1) is 17.8 Å². The highest BCUT2D eigenvalue weighted by molar-refractivity contribution is 5.60. The normalized spacial score (nSPS) is 32.1. The predicted octanol–water partition coefficient (Wildman–Crippen LogP) is 5.27. The van der Waals surface area contributed by atoms with Gasteiger partial charge in [-0.1, -0.05) is 13.3 Å². The summed E-state index contributed by atoms with van der Waals surface area (Å²) in [5.41, 5.74) is 3.58. The van der Waals surface area contributed by atoms with Crippen LogP contribution < -0.4 is 0 Å². The highest BCUT2D eigenvalue weighted by atomic mass is 16.3. The molecule has 0 unspecified atom stereocenters. The van der Waals surface area contributed by atoms with E-state index in [1.807, 2.05) is 24.5 Å². The number of nitrogens with zero attached hydrogens (tertiary/aromatic N) is 2. The van der Waals surface area contributed by atoms with Gasteiger partial charge in [0.15, 0.2) is 5.82 Å². The smallest absolute Gasteiger partial charge is 0.159 e. The molecule has 0 atom stereocenters. The van der Waals surface area contributed by atoms with Crippen LogP contribution in [-0.4, -0.2) is 15.1 Å². The Morgan fingerprint density at radius 3 is 2.19 bits per heavy atom. The Labute approximate surface area is 155 Å². The van der Waals surface area contributed by atoms with E-state index in [1.54, 1.807) is 0 Å². The van der Waals surface area contributed by atoms with Gasteiger partial charge in [0.1, 0.15) is 5.75 Å². The Balaban J connectivity index is 1.51. The van der Waals surface area contributed by atoms with Crippen LogP contribution in [0.4, 0.5) is 0 Å². The number of rotatable bonds is 4. The molecule has 3 nitrogen and oxygen atoms in total. The third-order valence-electron chi connectivity index (χ3n) is 7.11. The van der Waals surface area contributed by atoms with Crippen molar-refractivity contribution in [3.8, 4) is 17.1 Å². The second kappa shape index (κ2) is 6.07. The van der Waals surface area contributed by atoms with Crippen molar-refractivity contribution in [1.82, 2.24) is 9.97 Å². The van der Waals surface area contributed by atoms with Gasteiger partial charge in [0.25, 0.3) is 0 Å². The molecule has 4 bridgehead atoms. The average molecular weight is 348 g/mol. The summed E-state index contributed by atoms with van der Waals surface area (Å²) in [4.78, 5) is 9.18. The summed E-state index contributed by atoms with van der Waals surface area (Å²) in [6.07, 6.45) is 14.1. The molecule has 136 valence electrons. The van der Waals surface area contributed by atoms with Crippen LogP contribution in [0.2, 0.25) is 0 Å². The van der Waals surface area contributed by atoms with E-state index >= 15 is 0 Å². The van der Waals surface area contributed by atoms with E-state index in [0.29, 0.717) is 5.75 Å². The molecular formula is C23H28N2O. The van der Waals surface area contributed by atoms with Crippen molar-refractivity contribution in [3.63, 3.8) is 0 Å². The van der Waals surface area contributed by atoms with Crippen LogP contribution >= 0.6 is 0 Å². The highest BCUT2D eigenvalue weighted by Crippen LogP contribution is 2.61. The molecule has 1 N–H and O–H groups in total. The first-order chi connectivity index (χ1) is 12.6. The van der Waals surface area contributed by atoms with Crippen molar-refractivity contribution >= 4 is 0 Å². The first-order valence-corrected chi connectivity index (χ1v) is 10.3. The summed E-state index contributed by atoms with van der Waals surface area (Å²) in [5.74, 6) is 3.85. The zero-order valence-electron chi connectivity index (χ0n) is 15.6. The fourth-order valence-electron chi connectivity index (χ4n) is 6.46. The van der Waals surface area contributed by atoms with Gasteiger partial charge in [-0.25, -0.2) is 9.97 Å². The molecule has 0 radical (unpaired) electrons. The van der Waals surface area contributed by atoms with Crippen molar-refractivity contribution in [3.05, 3.63) is 41.7 Å². The summed E-state index contributed by atoms with van der Waals surface area (Å²) in [7, 11) is 0. The number of phenols is 1. The number of hydrogen-bond donors (Lipinski definition) is 1. The molecule has 0 saturated heterocycles. The van der Waals surface area contributed by atoms with Crippen molar-refractivity contribution in [2.75, 3.05) is 0 Å². The molecule has 0 amide bonds. The number of aromatic nitrogens is 2. The van der Waals surface area contributed by atoms with E-state index in [2.05, 4.69) is 23.0 Å². The molecule has 4 aliphatic carbocycles. The summed E-state index contributed by atoms with van der Waals surface area (Å²) < 4.78 is 0. The molecule has 1 aromatic heterocycles. The van der Waals surface area contributed by atoms with Gasteiger partial charge in [-0.15, -0.1) is 0 Å². The Kier molecular flexibility index (Phi) is 3.80. The van der Waals surface area contributed by atoms with Gasteiger partial charge in [0.2, 0.25) is 0 Å². The third kappa shape index (κ3) is 2.64. The fourth-order valence-corrected chi connectivity index (χ4v) is 6.46. The van der Waals surface area contributed by atoms with Crippen molar-refractivity contribution < 1.29 is 5.11 Å². The Hall–Kier alpha value is -1.90. The second-order valence-corrected chi connectivity index (χ2v) is 9.09. The van der Waals surface area contributed by atoms with Crippen molar-refractivity contribution in [2.45, 2.75) is 63.7 Å². The van der Waals surface area contributed by atoms with Crippen LogP contribution in [0.1, 0.15) is 63.0 Å². The van der Waals surface area contributed by atoms with E-state index in [4.69, 9.17) is 0 Å². The van der Waals surface area contributed by atoms with E-state index in [-0.39, 0.29) is 5.41 Å². The quantitative estimate of drug-likeness (QED) is 0.819. The lowest BCUT2D eigenvalue weighted by Gasteiger charge is -2.57. The number of phenolic OH excluding ortho intramolecular Hbond substituents is 1. The summed E-state index contributed by atoms with van der Waals surface area (Å²) in [6.45, 7) is 2.17. The lowest BCUT2D eigenvalue weighted by Crippen LogP contribution is -2.48. The second-order valence-electron chi connectivity index (χ2n) is 9.09. The minimum absolute atomic E-state index is 0.191. The minimum Gasteiger partial charge on any atom is -0.508 e. The standard InChI is InChI=1S/C23H28N2O/c1-2-3-15-13-24-22(25-14-15)19-4-5-21(26)20(9-19)23-10-16-6-17(11-23)8-18(7-16)12-23/h4-5,9,13-14,16-18,26H,2-3,6-8,10-12H2,1H3. The number of aryl methyl sites for hydroxylation is 1. The predicted molar refractivity (Wildman–Crippen MR) is 103 cm³/mol. The molecule has 3 heteroatoms. The monoisotopic (exact) mass is 348 g/mol. The van der Waals surface area contributed by atoms with Crippen LogP contribution in [-0.2, 0) is 11.8 Å². The number of hydrogen-bond acceptors (Lipinski definition) is 3. The van der Waals surface area contributed by atoms with Gasteiger partial charge in [-0.2, -0.15) is 0 Å². The maximum atomic E-state index is 10.7. The molecule has 6 rings (SSSR count). The van der Waals surface area contributed by atoms with Crippen LogP contribution in [0.3, 0.4) is 0 Å². The summed E-state index contributed by atoms with van der Waals surface area (Å²) in [6, 6.07) is 6.03. The van der Waals surface area contributed by atoms with Gasteiger partial charge < -0.3 is 5.11 Å². The zero-order chi connectivity index (χ0) is 17.7. The Morgan fingerprint density at radius 2 is 1.62 bits per heavy atom. The van der Waals surface area contributed by atoms with E-state index < -0.39 is 0 Å². The van der Waals surface area contributed by atoms with Crippen LogP contribution in [0.25, 0.3) is 11.4 Å². The van der Waals surface area contributed by atoms with Gasteiger partial charge >= 0.3 is 0 Å². The minimum atomic E-state index is 0.191. The van der Waals surface area contributed by atoms with E-state index in [1.165, 1.54) is 44.1 Å². The van der Waals surface area contributed by atoms with Gasteiger partial charge in [0, 0.05) is 23.5 Å². The van der Waals surface area contributed by atoms with Crippen molar-refractivity contribution in [2.24, 2.45) is 17.8 Å². The zero-order valence-corrected chi connectivity index (χ0v) is 15.6.